The second kappa shape index (κ2) is 7.75. The molecule has 0 aliphatic heterocycles. The summed E-state index contributed by atoms with van der Waals surface area (Å²) in [5.41, 5.74) is 0.263. The van der Waals surface area contributed by atoms with Crippen molar-refractivity contribution < 1.29 is 22.8 Å². The van der Waals surface area contributed by atoms with E-state index in [0.717, 1.165) is 10.4 Å². The topological polar surface area (TPSA) is 101 Å². The van der Waals surface area contributed by atoms with E-state index in [1.165, 1.54) is 37.3 Å². The largest absolute Gasteiger partial charge is 0.387 e. The van der Waals surface area contributed by atoms with E-state index in [4.69, 9.17) is 11.6 Å². The summed E-state index contributed by atoms with van der Waals surface area (Å²) in [6.07, 6.45) is 0.0391. The molecule has 1 N–H and O–H groups in total. The Labute approximate surface area is 166 Å². The fourth-order valence-electron chi connectivity index (χ4n) is 2.93. The molecule has 7 nitrogen and oxygen atoms in total. The Balaban J connectivity index is 1.96. The lowest BCUT2D eigenvalue weighted by Crippen LogP contribution is -2.36. The van der Waals surface area contributed by atoms with Crippen LogP contribution in [0.25, 0.3) is 0 Å². The number of aliphatic hydroxyl groups is 1. The first-order chi connectivity index (χ1) is 13.1. The molecule has 0 aromatic heterocycles. The quantitative estimate of drug-likeness (QED) is 0.536. The molecule has 1 saturated carbocycles. The highest BCUT2D eigenvalue weighted by atomic mass is 35.5. The van der Waals surface area contributed by atoms with Crippen LogP contribution < -0.4 is 0 Å². The first-order valence-corrected chi connectivity index (χ1v) is 10.3. The summed E-state index contributed by atoms with van der Waals surface area (Å²) in [7, 11) is -4.19. The minimum atomic E-state index is -4.19. The first-order valence-electron chi connectivity index (χ1n) is 8.51. The number of halogens is 2. The maximum absolute atomic E-state index is 13.2. The van der Waals surface area contributed by atoms with Gasteiger partial charge < -0.3 is 5.11 Å². The van der Waals surface area contributed by atoms with E-state index in [1.54, 1.807) is 0 Å². The third-order valence-electron chi connectivity index (χ3n) is 4.60. The van der Waals surface area contributed by atoms with Crippen LogP contribution in [-0.4, -0.2) is 35.3 Å². The van der Waals surface area contributed by atoms with E-state index in [9.17, 15) is 28.0 Å². The lowest BCUT2D eigenvalue weighted by atomic mass is 10.1. The van der Waals surface area contributed by atoms with Gasteiger partial charge in [-0.25, -0.2) is 12.8 Å². The second-order valence-electron chi connectivity index (χ2n) is 6.70. The maximum atomic E-state index is 13.2. The van der Waals surface area contributed by atoms with Crippen LogP contribution in [0.4, 0.5) is 10.1 Å². The van der Waals surface area contributed by atoms with Crippen LogP contribution in [0.5, 0.6) is 0 Å². The van der Waals surface area contributed by atoms with E-state index in [1.807, 2.05) is 0 Å². The molecule has 2 aromatic carbocycles. The molecule has 0 radical (unpaired) electrons. The lowest BCUT2D eigenvalue weighted by Gasteiger charge is -2.25. The molecular formula is C18H18ClFN2O5S. The molecule has 1 aliphatic carbocycles. The zero-order valence-electron chi connectivity index (χ0n) is 14.9. The molecule has 1 atom stereocenters. The van der Waals surface area contributed by atoms with Crippen molar-refractivity contribution in [2.75, 3.05) is 6.54 Å². The highest BCUT2D eigenvalue weighted by molar-refractivity contribution is 7.89. The van der Waals surface area contributed by atoms with Crippen LogP contribution in [0.2, 0.25) is 5.02 Å². The fourth-order valence-corrected chi connectivity index (χ4v) is 5.20. The van der Waals surface area contributed by atoms with Gasteiger partial charge in [-0.3, -0.25) is 10.1 Å². The Morgan fingerprint density at radius 1 is 1.32 bits per heavy atom. The van der Waals surface area contributed by atoms with Crippen LogP contribution in [0.15, 0.2) is 41.3 Å². The standard InChI is InChI=1S/C18H18ClFN2O5S/c1-11-8-15(19)18(9-16(11)22(24)25)28(26,27)21(14-6-7-14)10-17(23)12-2-4-13(20)5-3-12/h2-5,8-9,14,17,23H,6-7,10H2,1H3. The van der Waals surface area contributed by atoms with Gasteiger partial charge in [-0.2, -0.15) is 4.31 Å². The normalized spacial score (nSPS) is 15.6. The molecule has 28 heavy (non-hydrogen) atoms. The summed E-state index contributed by atoms with van der Waals surface area (Å²) in [6.45, 7) is 1.20. The smallest absolute Gasteiger partial charge is 0.273 e. The van der Waals surface area contributed by atoms with Crippen molar-refractivity contribution in [3.8, 4) is 0 Å². The van der Waals surface area contributed by atoms with Gasteiger partial charge >= 0.3 is 0 Å². The van der Waals surface area contributed by atoms with Crippen LogP contribution >= 0.6 is 11.6 Å². The van der Waals surface area contributed by atoms with Crippen molar-refractivity contribution in [1.82, 2.24) is 4.31 Å². The predicted molar refractivity (Wildman–Crippen MR) is 101 cm³/mol. The summed E-state index contributed by atoms with van der Waals surface area (Å²) >= 11 is 6.10. The van der Waals surface area contributed by atoms with Crippen molar-refractivity contribution >= 4 is 27.3 Å². The molecule has 0 bridgehead atoms. The molecule has 0 amide bonds. The second-order valence-corrected chi connectivity index (χ2v) is 8.97. The molecule has 0 spiro atoms. The van der Waals surface area contributed by atoms with Gasteiger partial charge in [-0.15, -0.1) is 0 Å². The molecule has 1 unspecified atom stereocenters. The van der Waals surface area contributed by atoms with Gasteiger partial charge in [0.2, 0.25) is 10.0 Å². The van der Waals surface area contributed by atoms with Crippen LogP contribution in [0.1, 0.15) is 30.1 Å². The Kier molecular flexibility index (Phi) is 5.72. The van der Waals surface area contributed by atoms with E-state index in [2.05, 4.69) is 0 Å². The number of nitrogens with zero attached hydrogens (tertiary/aromatic N) is 2. The Morgan fingerprint density at radius 2 is 1.93 bits per heavy atom. The van der Waals surface area contributed by atoms with Crippen molar-refractivity contribution in [2.24, 2.45) is 0 Å². The summed E-state index contributed by atoms with van der Waals surface area (Å²) in [6, 6.07) is 6.98. The molecule has 3 rings (SSSR count). The van der Waals surface area contributed by atoms with E-state index in [-0.39, 0.29) is 33.8 Å². The lowest BCUT2D eigenvalue weighted by molar-refractivity contribution is -0.385. The van der Waals surface area contributed by atoms with Gasteiger partial charge in [0, 0.05) is 24.2 Å². The van der Waals surface area contributed by atoms with Crippen molar-refractivity contribution in [1.29, 1.82) is 0 Å². The highest BCUT2D eigenvalue weighted by Crippen LogP contribution is 2.37. The zero-order chi connectivity index (χ0) is 20.6. The zero-order valence-corrected chi connectivity index (χ0v) is 16.5. The molecule has 2 aromatic rings. The SMILES string of the molecule is Cc1cc(Cl)c(S(=O)(=O)N(CC(O)c2ccc(F)cc2)C2CC2)cc1[N+](=O)[O-]. The number of benzene rings is 2. The number of hydrogen-bond donors (Lipinski definition) is 1. The summed E-state index contributed by atoms with van der Waals surface area (Å²) in [5.74, 6) is -0.471. The summed E-state index contributed by atoms with van der Waals surface area (Å²) < 4.78 is 40.6. The number of nitro benzene ring substituents is 1. The van der Waals surface area contributed by atoms with Crippen molar-refractivity contribution in [3.05, 3.63) is 68.5 Å². The predicted octanol–water partition coefficient (Wildman–Crippen LogP) is 3.58. The van der Waals surface area contributed by atoms with E-state index in [0.29, 0.717) is 18.4 Å². The summed E-state index contributed by atoms with van der Waals surface area (Å²) in [4.78, 5) is 10.2. The number of hydrogen-bond acceptors (Lipinski definition) is 5. The molecule has 0 saturated heterocycles. The van der Waals surface area contributed by atoms with Gasteiger partial charge in [0.1, 0.15) is 10.7 Å². The number of aryl methyl sites for hydroxylation is 1. The van der Waals surface area contributed by atoms with Crippen molar-refractivity contribution in [2.45, 2.75) is 36.8 Å². The van der Waals surface area contributed by atoms with Crippen LogP contribution in [0.3, 0.4) is 0 Å². The monoisotopic (exact) mass is 428 g/mol. The minimum Gasteiger partial charge on any atom is -0.387 e. The van der Waals surface area contributed by atoms with Crippen LogP contribution in [-0.2, 0) is 10.0 Å². The number of rotatable bonds is 7. The molecule has 0 heterocycles. The molecule has 150 valence electrons. The van der Waals surface area contributed by atoms with E-state index < -0.39 is 26.9 Å². The molecule has 10 heteroatoms. The minimum absolute atomic E-state index is 0.120. The molecular weight excluding hydrogens is 411 g/mol. The molecule has 1 fully saturated rings. The fraction of sp³-hybridized carbons (Fsp3) is 0.333. The van der Waals surface area contributed by atoms with Crippen LogP contribution in [0, 0.1) is 22.9 Å². The van der Waals surface area contributed by atoms with Crippen molar-refractivity contribution in [3.63, 3.8) is 0 Å². The summed E-state index contributed by atoms with van der Waals surface area (Å²) in [5, 5.41) is 21.5. The molecule has 1 aliphatic rings. The first kappa shape index (κ1) is 20.7. The number of sulfonamides is 1. The highest BCUT2D eigenvalue weighted by Gasteiger charge is 2.40. The van der Waals surface area contributed by atoms with Gasteiger partial charge in [-0.05, 0) is 43.5 Å². The average molecular weight is 429 g/mol. The Bertz CT molecular complexity index is 1010. The Hall–Kier alpha value is -2.07. The van der Waals surface area contributed by atoms with E-state index >= 15 is 0 Å². The van der Waals surface area contributed by atoms with Gasteiger partial charge in [0.15, 0.2) is 0 Å². The van der Waals surface area contributed by atoms with Gasteiger partial charge in [-0.1, -0.05) is 23.7 Å². The number of aliphatic hydroxyl groups excluding tert-OH is 1. The Morgan fingerprint density at radius 3 is 2.46 bits per heavy atom. The third kappa shape index (κ3) is 4.17. The third-order valence-corrected chi connectivity index (χ3v) is 6.98. The number of nitro groups is 1. The maximum Gasteiger partial charge on any atom is 0.273 e. The average Bonchev–Trinajstić information content (AvgIpc) is 3.44. The van der Waals surface area contributed by atoms with Gasteiger partial charge in [0.05, 0.1) is 16.0 Å². The van der Waals surface area contributed by atoms with Gasteiger partial charge in [0.25, 0.3) is 5.69 Å².